The van der Waals surface area contributed by atoms with E-state index < -0.39 is 0 Å². The average Bonchev–Trinajstić information content (AvgIpc) is 2.27. The standard InChI is InChI=1S/C11H13N5/c1-8-14-3-2-10(16-8)7-15-11-4-9(12)5-13-6-11/h2-6,15H,7,12H2,1H3. The zero-order chi connectivity index (χ0) is 11.4. The molecule has 0 atom stereocenters. The van der Waals surface area contributed by atoms with Gasteiger partial charge in [0.05, 0.1) is 29.8 Å². The van der Waals surface area contributed by atoms with Crippen LogP contribution in [0.4, 0.5) is 11.4 Å². The molecular formula is C11H13N5. The van der Waals surface area contributed by atoms with E-state index in [4.69, 9.17) is 5.73 Å². The quantitative estimate of drug-likeness (QED) is 0.808. The van der Waals surface area contributed by atoms with Crippen LogP contribution in [0, 0.1) is 6.92 Å². The molecule has 2 heterocycles. The van der Waals surface area contributed by atoms with Gasteiger partial charge in [0.2, 0.25) is 0 Å². The molecule has 0 aromatic carbocycles. The van der Waals surface area contributed by atoms with E-state index in [-0.39, 0.29) is 0 Å². The first-order valence-corrected chi connectivity index (χ1v) is 4.97. The van der Waals surface area contributed by atoms with Gasteiger partial charge in [-0.3, -0.25) is 4.98 Å². The van der Waals surface area contributed by atoms with Crippen molar-refractivity contribution in [3.05, 3.63) is 42.2 Å². The smallest absolute Gasteiger partial charge is 0.125 e. The number of nitrogens with zero attached hydrogens (tertiary/aromatic N) is 3. The molecule has 0 unspecified atom stereocenters. The molecule has 0 saturated heterocycles. The van der Waals surface area contributed by atoms with Gasteiger partial charge in [-0.05, 0) is 19.1 Å². The third kappa shape index (κ3) is 2.66. The van der Waals surface area contributed by atoms with Gasteiger partial charge in [0.25, 0.3) is 0 Å². The summed E-state index contributed by atoms with van der Waals surface area (Å²) in [6, 6.07) is 3.71. The van der Waals surface area contributed by atoms with E-state index in [9.17, 15) is 0 Å². The molecule has 16 heavy (non-hydrogen) atoms. The molecule has 5 heteroatoms. The van der Waals surface area contributed by atoms with Gasteiger partial charge in [-0.2, -0.15) is 0 Å². The fourth-order valence-corrected chi connectivity index (χ4v) is 1.35. The van der Waals surface area contributed by atoms with Crippen LogP contribution in [0.2, 0.25) is 0 Å². The molecule has 0 amide bonds. The van der Waals surface area contributed by atoms with Crippen molar-refractivity contribution >= 4 is 11.4 Å². The lowest BCUT2D eigenvalue weighted by atomic mass is 10.3. The Balaban J connectivity index is 2.02. The predicted octanol–water partition coefficient (Wildman–Crippen LogP) is 1.37. The highest BCUT2D eigenvalue weighted by atomic mass is 14.9. The Kier molecular flexibility index (Phi) is 2.95. The van der Waals surface area contributed by atoms with Crippen molar-refractivity contribution in [2.24, 2.45) is 0 Å². The van der Waals surface area contributed by atoms with Gasteiger partial charge in [0.1, 0.15) is 5.82 Å². The maximum absolute atomic E-state index is 5.62. The van der Waals surface area contributed by atoms with Crippen LogP contribution in [0.25, 0.3) is 0 Å². The van der Waals surface area contributed by atoms with Crippen LogP contribution in [0.1, 0.15) is 11.5 Å². The lowest BCUT2D eigenvalue weighted by Crippen LogP contribution is -2.03. The Morgan fingerprint density at radius 1 is 1.38 bits per heavy atom. The van der Waals surface area contributed by atoms with Crippen molar-refractivity contribution in [1.82, 2.24) is 15.0 Å². The highest BCUT2D eigenvalue weighted by Gasteiger charge is 1.97. The number of nitrogen functional groups attached to an aromatic ring is 1. The molecule has 0 aliphatic rings. The summed E-state index contributed by atoms with van der Waals surface area (Å²) in [6.45, 7) is 2.50. The number of hydrogen-bond donors (Lipinski definition) is 2. The first kappa shape index (κ1) is 10.4. The van der Waals surface area contributed by atoms with Crippen molar-refractivity contribution in [1.29, 1.82) is 0 Å². The molecule has 82 valence electrons. The van der Waals surface area contributed by atoms with E-state index in [0.717, 1.165) is 17.2 Å². The van der Waals surface area contributed by atoms with Crippen molar-refractivity contribution in [3.8, 4) is 0 Å². The van der Waals surface area contributed by atoms with Gasteiger partial charge in [0, 0.05) is 12.4 Å². The Morgan fingerprint density at radius 2 is 2.25 bits per heavy atom. The average molecular weight is 215 g/mol. The molecule has 0 saturated carbocycles. The van der Waals surface area contributed by atoms with Crippen LogP contribution in [-0.2, 0) is 6.54 Å². The molecule has 0 fully saturated rings. The zero-order valence-corrected chi connectivity index (χ0v) is 9.01. The largest absolute Gasteiger partial charge is 0.397 e. The third-order valence-corrected chi connectivity index (χ3v) is 2.07. The van der Waals surface area contributed by atoms with Crippen LogP contribution in [0.5, 0.6) is 0 Å². The molecule has 0 bridgehead atoms. The Morgan fingerprint density at radius 3 is 3.00 bits per heavy atom. The number of nitrogens with one attached hydrogen (secondary N) is 1. The Hall–Kier alpha value is -2.17. The second kappa shape index (κ2) is 4.57. The van der Waals surface area contributed by atoms with E-state index in [0.29, 0.717) is 12.2 Å². The molecule has 0 aliphatic heterocycles. The van der Waals surface area contributed by atoms with E-state index >= 15 is 0 Å². The number of aromatic nitrogens is 3. The van der Waals surface area contributed by atoms with Gasteiger partial charge in [0.15, 0.2) is 0 Å². The van der Waals surface area contributed by atoms with Crippen molar-refractivity contribution in [3.63, 3.8) is 0 Å². The second-order valence-corrected chi connectivity index (χ2v) is 3.46. The monoisotopic (exact) mass is 215 g/mol. The fraction of sp³-hybridized carbons (Fsp3) is 0.182. The first-order valence-electron chi connectivity index (χ1n) is 4.97. The minimum atomic E-state index is 0.633. The lowest BCUT2D eigenvalue weighted by molar-refractivity contribution is 0.954. The summed E-state index contributed by atoms with van der Waals surface area (Å²) in [6.07, 6.45) is 5.08. The molecule has 2 aromatic heterocycles. The molecule has 0 spiro atoms. The Bertz CT molecular complexity index is 438. The summed E-state index contributed by atoms with van der Waals surface area (Å²) in [5, 5.41) is 3.20. The van der Waals surface area contributed by atoms with Crippen molar-refractivity contribution in [2.45, 2.75) is 13.5 Å². The highest BCUT2D eigenvalue weighted by Crippen LogP contribution is 2.10. The summed E-state index contributed by atoms with van der Waals surface area (Å²) in [4.78, 5) is 12.3. The maximum Gasteiger partial charge on any atom is 0.125 e. The fourth-order valence-electron chi connectivity index (χ4n) is 1.35. The normalized spacial score (nSPS) is 10.1. The number of nitrogens with two attached hydrogens (primary N) is 1. The van der Waals surface area contributed by atoms with E-state index in [1.54, 1.807) is 18.6 Å². The van der Waals surface area contributed by atoms with Crippen molar-refractivity contribution in [2.75, 3.05) is 11.1 Å². The summed E-state index contributed by atoms with van der Waals surface area (Å²) in [5.74, 6) is 0.769. The first-order chi connectivity index (χ1) is 7.74. The van der Waals surface area contributed by atoms with Crippen LogP contribution in [-0.4, -0.2) is 15.0 Å². The van der Waals surface area contributed by atoms with Crippen molar-refractivity contribution < 1.29 is 0 Å². The zero-order valence-electron chi connectivity index (χ0n) is 9.01. The second-order valence-electron chi connectivity index (χ2n) is 3.46. The minimum absolute atomic E-state index is 0.633. The molecule has 2 rings (SSSR count). The maximum atomic E-state index is 5.62. The SMILES string of the molecule is Cc1nccc(CNc2cncc(N)c2)n1. The van der Waals surface area contributed by atoms with E-state index in [1.165, 1.54) is 0 Å². The minimum Gasteiger partial charge on any atom is -0.397 e. The van der Waals surface area contributed by atoms with Gasteiger partial charge in [-0.15, -0.1) is 0 Å². The van der Waals surface area contributed by atoms with Crippen LogP contribution in [0.3, 0.4) is 0 Å². The lowest BCUT2D eigenvalue weighted by Gasteiger charge is -2.06. The number of hydrogen-bond acceptors (Lipinski definition) is 5. The molecular weight excluding hydrogens is 202 g/mol. The number of pyridine rings is 1. The summed E-state index contributed by atoms with van der Waals surface area (Å²) in [7, 11) is 0. The van der Waals surface area contributed by atoms with Crippen LogP contribution >= 0.6 is 0 Å². The number of rotatable bonds is 3. The summed E-state index contributed by atoms with van der Waals surface area (Å²) in [5.41, 5.74) is 8.09. The molecule has 0 aliphatic carbocycles. The summed E-state index contributed by atoms with van der Waals surface area (Å²) < 4.78 is 0. The number of anilines is 2. The van der Waals surface area contributed by atoms with Gasteiger partial charge in [-0.25, -0.2) is 9.97 Å². The van der Waals surface area contributed by atoms with Gasteiger partial charge >= 0.3 is 0 Å². The van der Waals surface area contributed by atoms with Crippen LogP contribution < -0.4 is 11.1 Å². The topological polar surface area (TPSA) is 76.7 Å². The highest BCUT2D eigenvalue weighted by molar-refractivity contribution is 5.51. The van der Waals surface area contributed by atoms with E-state index in [2.05, 4.69) is 20.3 Å². The van der Waals surface area contributed by atoms with Gasteiger partial charge < -0.3 is 11.1 Å². The summed E-state index contributed by atoms with van der Waals surface area (Å²) >= 11 is 0. The predicted molar refractivity (Wildman–Crippen MR) is 62.7 cm³/mol. The van der Waals surface area contributed by atoms with E-state index in [1.807, 2.05) is 19.1 Å². The Labute approximate surface area is 93.8 Å². The number of aryl methyl sites for hydroxylation is 1. The van der Waals surface area contributed by atoms with Gasteiger partial charge in [-0.1, -0.05) is 0 Å². The third-order valence-electron chi connectivity index (χ3n) is 2.07. The van der Waals surface area contributed by atoms with Crippen LogP contribution in [0.15, 0.2) is 30.7 Å². The molecule has 2 aromatic rings. The molecule has 3 N–H and O–H groups in total. The molecule has 5 nitrogen and oxygen atoms in total. The molecule has 0 radical (unpaired) electrons.